The van der Waals surface area contributed by atoms with Crippen molar-refractivity contribution in [2.75, 3.05) is 11.4 Å². The molecule has 0 unspecified atom stereocenters. The molecule has 2 aromatic rings. The van der Waals surface area contributed by atoms with E-state index in [2.05, 4.69) is 4.98 Å². The number of aryl methyl sites for hydroxylation is 1. The summed E-state index contributed by atoms with van der Waals surface area (Å²) >= 11 is 0. The molecule has 0 spiro atoms. The molecule has 1 heterocycles. The van der Waals surface area contributed by atoms with E-state index in [0.717, 1.165) is 23.1 Å². The molecule has 0 aliphatic carbocycles. The van der Waals surface area contributed by atoms with Crippen molar-refractivity contribution in [3.8, 4) is 0 Å². The minimum absolute atomic E-state index is 0.0467. The number of hydrogen-bond donors (Lipinski definition) is 0. The molecule has 0 saturated carbocycles. The van der Waals surface area contributed by atoms with E-state index in [1.807, 2.05) is 0 Å². The average Bonchev–Trinajstić information content (AvgIpc) is 2.50. The predicted octanol–water partition coefficient (Wildman–Crippen LogP) is 4.35. The molecule has 0 aliphatic heterocycles. The summed E-state index contributed by atoms with van der Waals surface area (Å²) in [5.74, 6) is -2.84. The number of halogens is 5. The van der Waals surface area contributed by atoms with Crippen molar-refractivity contribution in [2.24, 2.45) is 0 Å². The molecule has 24 heavy (non-hydrogen) atoms. The average molecular weight is 344 g/mol. The molecule has 0 radical (unpaired) electrons. The zero-order valence-electron chi connectivity index (χ0n) is 12.8. The van der Waals surface area contributed by atoms with Crippen LogP contribution in [0.3, 0.4) is 0 Å². The Labute approximate surface area is 134 Å². The van der Waals surface area contributed by atoms with Gasteiger partial charge in [0.05, 0.1) is 11.3 Å². The number of hydrogen-bond acceptors (Lipinski definition) is 2. The number of carbonyl (C=O) groups is 1. The summed E-state index contributed by atoms with van der Waals surface area (Å²) in [5.41, 5.74) is -1.15. The van der Waals surface area contributed by atoms with Gasteiger partial charge in [-0.25, -0.2) is 13.8 Å². The van der Waals surface area contributed by atoms with Gasteiger partial charge in [0.15, 0.2) is 11.6 Å². The Morgan fingerprint density at radius 3 is 2.29 bits per heavy atom. The van der Waals surface area contributed by atoms with Gasteiger partial charge in [0.2, 0.25) is 0 Å². The summed E-state index contributed by atoms with van der Waals surface area (Å²) < 4.78 is 64.3. The lowest BCUT2D eigenvalue weighted by atomic mass is 10.1. The van der Waals surface area contributed by atoms with Gasteiger partial charge in [-0.2, -0.15) is 13.2 Å². The van der Waals surface area contributed by atoms with Gasteiger partial charge in [-0.3, -0.25) is 4.79 Å². The number of nitrogens with zero attached hydrogens (tertiary/aromatic N) is 2. The summed E-state index contributed by atoms with van der Waals surface area (Å²) in [7, 11) is 0. The van der Waals surface area contributed by atoms with Crippen molar-refractivity contribution in [2.45, 2.75) is 20.0 Å². The van der Waals surface area contributed by atoms with Crippen molar-refractivity contribution in [3.63, 3.8) is 0 Å². The topological polar surface area (TPSA) is 33.2 Å². The first kappa shape index (κ1) is 17.8. The fourth-order valence-electron chi connectivity index (χ4n) is 2.19. The van der Waals surface area contributed by atoms with E-state index in [9.17, 15) is 26.7 Å². The molecule has 0 fully saturated rings. The van der Waals surface area contributed by atoms with Gasteiger partial charge in [-0.1, -0.05) is 0 Å². The summed E-state index contributed by atoms with van der Waals surface area (Å²) in [4.78, 5) is 17.1. The van der Waals surface area contributed by atoms with E-state index in [0.29, 0.717) is 6.07 Å². The quantitative estimate of drug-likeness (QED) is 0.776. The number of aromatic nitrogens is 1. The molecular weight excluding hydrogens is 331 g/mol. The molecule has 0 N–H and O–H groups in total. The van der Waals surface area contributed by atoms with E-state index in [1.165, 1.54) is 13.0 Å². The van der Waals surface area contributed by atoms with Crippen LogP contribution in [0.5, 0.6) is 0 Å². The first-order valence-corrected chi connectivity index (χ1v) is 6.97. The number of amides is 1. The highest BCUT2D eigenvalue weighted by Crippen LogP contribution is 2.29. The second-order valence-electron chi connectivity index (χ2n) is 4.98. The smallest absolute Gasteiger partial charge is 0.308 e. The molecule has 0 aliphatic rings. The Balaban J connectivity index is 2.40. The first-order chi connectivity index (χ1) is 11.1. The van der Waals surface area contributed by atoms with Crippen LogP contribution in [-0.2, 0) is 6.18 Å². The standard InChI is InChI=1S/C16H13F5N2O/c1-3-23(10-4-6-12(17)13(18)8-10)15(24)11-5-7-14(16(19,20)21)22-9(11)2/h4-8H,3H2,1-2H3. The lowest BCUT2D eigenvalue weighted by Crippen LogP contribution is -2.31. The van der Waals surface area contributed by atoms with Gasteiger partial charge in [0.25, 0.3) is 5.91 Å². The van der Waals surface area contributed by atoms with Gasteiger partial charge in [0, 0.05) is 18.3 Å². The van der Waals surface area contributed by atoms with Crippen molar-refractivity contribution in [1.82, 2.24) is 4.98 Å². The molecule has 1 amide bonds. The normalized spacial score (nSPS) is 11.5. The molecule has 2 rings (SSSR count). The molecule has 0 saturated heterocycles. The Bertz CT molecular complexity index is 774. The summed E-state index contributed by atoms with van der Waals surface area (Å²) in [6.45, 7) is 3.00. The van der Waals surface area contributed by atoms with Crippen LogP contribution in [0.4, 0.5) is 27.6 Å². The largest absolute Gasteiger partial charge is 0.433 e. The lowest BCUT2D eigenvalue weighted by Gasteiger charge is -2.22. The molecule has 1 aromatic carbocycles. The number of alkyl halides is 3. The van der Waals surface area contributed by atoms with Crippen LogP contribution in [0.25, 0.3) is 0 Å². The van der Waals surface area contributed by atoms with E-state index in [4.69, 9.17) is 0 Å². The number of benzene rings is 1. The number of carbonyl (C=O) groups excluding carboxylic acids is 1. The molecule has 0 atom stereocenters. The SMILES string of the molecule is CCN(C(=O)c1ccc(C(F)(F)F)nc1C)c1ccc(F)c(F)c1. The molecule has 3 nitrogen and oxygen atoms in total. The minimum atomic E-state index is -4.61. The Morgan fingerprint density at radius 2 is 1.79 bits per heavy atom. The summed E-state index contributed by atoms with van der Waals surface area (Å²) in [6.07, 6.45) is -4.61. The monoisotopic (exact) mass is 344 g/mol. The molecular formula is C16H13F5N2O. The first-order valence-electron chi connectivity index (χ1n) is 6.97. The highest BCUT2D eigenvalue weighted by atomic mass is 19.4. The van der Waals surface area contributed by atoms with Gasteiger partial charge in [-0.15, -0.1) is 0 Å². The van der Waals surface area contributed by atoms with Crippen LogP contribution in [0, 0.1) is 18.6 Å². The van der Waals surface area contributed by atoms with Crippen LogP contribution in [0.1, 0.15) is 28.7 Å². The second kappa shape index (κ2) is 6.54. The fraction of sp³-hybridized carbons (Fsp3) is 0.250. The van der Waals surface area contributed by atoms with Gasteiger partial charge in [0.1, 0.15) is 5.69 Å². The van der Waals surface area contributed by atoms with E-state index in [-0.39, 0.29) is 23.5 Å². The zero-order chi connectivity index (χ0) is 18.1. The van der Waals surface area contributed by atoms with Gasteiger partial charge >= 0.3 is 6.18 Å². The highest BCUT2D eigenvalue weighted by Gasteiger charge is 2.33. The Kier molecular flexibility index (Phi) is 4.86. The maximum atomic E-state index is 13.4. The number of pyridine rings is 1. The third kappa shape index (κ3) is 3.52. The minimum Gasteiger partial charge on any atom is -0.308 e. The third-order valence-corrected chi connectivity index (χ3v) is 3.38. The molecule has 1 aromatic heterocycles. The Hall–Kier alpha value is -2.51. The summed E-state index contributed by atoms with van der Waals surface area (Å²) in [6, 6.07) is 4.67. The molecule has 128 valence electrons. The maximum Gasteiger partial charge on any atom is 0.433 e. The second-order valence-corrected chi connectivity index (χ2v) is 4.98. The van der Waals surface area contributed by atoms with Crippen LogP contribution in [0.15, 0.2) is 30.3 Å². The zero-order valence-corrected chi connectivity index (χ0v) is 12.8. The van der Waals surface area contributed by atoms with Crippen molar-refractivity contribution in [1.29, 1.82) is 0 Å². The van der Waals surface area contributed by atoms with Crippen LogP contribution >= 0.6 is 0 Å². The van der Waals surface area contributed by atoms with Crippen LogP contribution in [-0.4, -0.2) is 17.4 Å². The van der Waals surface area contributed by atoms with E-state index < -0.39 is 29.4 Å². The van der Waals surface area contributed by atoms with E-state index in [1.54, 1.807) is 6.92 Å². The van der Waals surface area contributed by atoms with Gasteiger partial charge in [-0.05, 0) is 38.1 Å². The maximum absolute atomic E-state index is 13.4. The van der Waals surface area contributed by atoms with Crippen LogP contribution in [0.2, 0.25) is 0 Å². The Morgan fingerprint density at radius 1 is 1.12 bits per heavy atom. The molecule has 0 bridgehead atoms. The van der Waals surface area contributed by atoms with Crippen molar-refractivity contribution in [3.05, 3.63) is 58.9 Å². The lowest BCUT2D eigenvalue weighted by molar-refractivity contribution is -0.141. The number of rotatable bonds is 3. The van der Waals surface area contributed by atoms with Crippen LogP contribution < -0.4 is 4.90 Å². The van der Waals surface area contributed by atoms with Crippen molar-refractivity contribution >= 4 is 11.6 Å². The van der Waals surface area contributed by atoms with Crippen molar-refractivity contribution < 1.29 is 26.7 Å². The van der Waals surface area contributed by atoms with Gasteiger partial charge < -0.3 is 4.90 Å². The van der Waals surface area contributed by atoms with E-state index >= 15 is 0 Å². The molecule has 8 heteroatoms. The number of anilines is 1. The third-order valence-electron chi connectivity index (χ3n) is 3.38. The summed E-state index contributed by atoms with van der Waals surface area (Å²) in [5, 5.41) is 0. The predicted molar refractivity (Wildman–Crippen MR) is 77.7 cm³/mol. The fourth-order valence-corrected chi connectivity index (χ4v) is 2.19. The highest BCUT2D eigenvalue weighted by molar-refractivity contribution is 6.06.